The van der Waals surface area contributed by atoms with E-state index in [0.29, 0.717) is 0 Å². The summed E-state index contributed by atoms with van der Waals surface area (Å²) in [6.07, 6.45) is 6.92. The molecular weight excluding hydrogens is 215 g/mol. The number of para-hydroxylation sites is 1. The summed E-state index contributed by atoms with van der Waals surface area (Å²) in [5.41, 5.74) is 2.74. The van der Waals surface area contributed by atoms with Crippen molar-refractivity contribution in [2.45, 2.75) is 44.7 Å². The molecule has 0 atom stereocenters. The van der Waals surface area contributed by atoms with Crippen molar-refractivity contribution in [1.82, 2.24) is 5.32 Å². The predicted molar refractivity (Wildman–Crippen MR) is 81.6 cm³/mol. The van der Waals surface area contributed by atoms with Crippen LogP contribution in [0.25, 0.3) is 0 Å². The first kappa shape index (κ1) is 15.6. The van der Waals surface area contributed by atoms with E-state index in [0.717, 1.165) is 12.6 Å². The van der Waals surface area contributed by atoms with Gasteiger partial charge in [-0.2, -0.15) is 0 Å². The molecule has 1 N–H and O–H groups in total. The Bertz CT molecular complexity index is 346. The van der Waals surface area contributed by atoms with Gasteiger partial charge >= 0.3 is 18.9 Å². The number of hydrogen-bond acceptors (Lipinski definition) is 2. The molecule has 3 heteroatoms. The van der Waals surface area contributed by atoms with Gasteiger partial charge in [-0.05, 0) is 24.5 Å². The van der Waals surface area contributed by atoms with Crippen molar-refractivity contribution in [2.75, 3.05) is 19.0 Å². The van der Waals surface area contributed by atoms with Gasteiger partial charge in [-0.15, -0.1) is 0 Å². The zero-order chi connectivity index (χ0) is 12.1. The van der Waals surface area contributed by atoms with Gasteiger partial charge in [0.25, 0.3) is 0 Å². The monoisotopic (exact) mass is 240 g/mol. The normalized spacial score (nSPS) is 16.1. The third-order valence-electron chi connectivity index (χ3n) is 3.66. The van der Waals surface area contributed by atoms with Crippen LogP contribution in [0.2, 0.25) is 0 Å². The van der Waals surface area contributed by atoms with Crippen molar-refractivity contribution in [1.29, 1.82) is 0 Å². The Hall–Kier alpha value is -0.423. The number of rotatable bonds is 4. The van der Waals surface area contributed by atoms with E-state index in [-0.39, 0.29) is 18.9 Å². The molecule has 0 heterocycles. The zero-order valence-electron chi connectivity index (χ0n) is 11.1. The van der Waals surface area contributed by atoms with E-state index < -0.39 is 0 Å². The van der Waals surface area contributed by atoms with Gasteiger partial charge in [0.2, 0.25) is 0 Å². The third-order valence-corrected chi connectivity index (χ3v) is 3.66. The number of anilines is 1. The zero-order valence-corrected chi connectivity index (χ0v) is 11.1. The van der Waals surface area contributed by atoms with E-state index in [2.05, 4.69) is 48.6 Å². The molecule has 0 spiro atoms. The van der Waals surface area contributed by atoms with Crippen LogP contribution in [-0.4, -0.2) is 39.0 Å². The molecule has 18 heavy (non-hydrogen) atoms. The summed E-state index contributed by atoms with van der Waals surface area (Å²) in [5.74, 6) is 0. The van der Waals surface area contributed by atoms with Crippen molar-refractivity contribution in [3.63, 3.8) is 0 Å². The topological polar surface area (TPSA) is 15.3 Å². The van der Waals surface area contributed by atoms with Crippen LogP contribution in [0.5, 0.6) is 0 Å². The molecule has 0 radical (unpaired) electrons. The fraction of sp³-hybridized carbons (Fsp3) is 0.600. The first-order valence-electron chi connectivity index (χ1n) is 6.76. The number of nitrogens with zero attached hydrogens (tertiary/aromatic N) is 1. The fourth-order valence-corrected chi connectivity index (χ4v) is 2.66. The Morgan fingerprint density at radius 1 is 1.11 bits per heavy atom. The van der Waals surface area contributed by atoms with Crippen LogP contribution < -0.4 is 10.2 Å². The Morgan fingerprint density at radius 3 is 2.44 bits per heavy atom. The number of hydrogen-bond donors (Lipinski definition) is 1. The Morgan fingerprint density at radius 2 is 1.78 bits per heavy atom. The minimum absolute atomic E-state index is 0. The van der Waals surface area contributed by atoms with Crippen LogP contribution in [0.1, 0.15) is 37.7 Å². The maximum atomic E-state index is 3.71. The van der Waals surface area contributed by atoms with Gasteiger partial charge in [-0.25, -0.2) is 0 Å². The summed E-state index contributed by atoms with van der Waals surface area (Å²) >= 11 is 0. The average Bonchev–Trinajstić information content (AvgIpc) is 2.38. The predicted octanol–water partition coefficient (Wildman–Crippen LogP) is 2.53. The van der Waals surface area contributed by atoms with Crippen LogP contribution in [0, 0.1) is 0 Å². The molecule has 0 aromatic heterocycles. The third kappa shape index (κ3) is 4.35. The van der Waals surface area contributed by atoms with Gasteiger partial charge in [-0.3, -0.25) is 0 Å². The van der Waals surface area contributed by atoms with E-state index in [9.17, 15) is 0 Å². The van der Waals surface area contributed by atoms with E-state index in [1.54, 1.807) is 0 Å². The van der Waals surface area contributed by atoms with Gasteiger partial charge in [0.1, 0.15) is 0 Å². The summed E-state index contributed by atoms with van der Waals surface area (Å²) in [6, 6.07) is 9.40. The van der Waals surface area contributed by atoms with Crippen LogP contribution in [0.4, 0.5) is 5.69 Å². The molecule has 0 bridgehead atoms. The molecule has 2 nitrogen and oxygen atoms in total. The molecule has 96 valence electrons. The second-order valence-electron chi connectivity index (χ2n) is 5.24. The molecule has 1 saturated carbocycles. The standard InChI is InChI=1S/C15H24N2.Li.H/c1-17(2)15-11-7-6-8-13(15)12-16-14-9-4-3-5-10-14;;/h6-8,11,14,16H,3-5,9-10,12H2,1-2H3;;. The van der Waals surface area contributed by atoms with Crippen LogP contribution >= 0.6 is 0 Å². The first-order valence-corrected chi connectivity index (χ1v) is 6.76. The number of benzene rings is 1. The molecule has 1 aromatic rings. The molecule has 0 saturated heterocycles. The summed E-state index contributed by atoms with van der Waals surface area (Å²) in [6.45, 7) is 0.999. The molecule has 2 rings (SSSR count). The van der Waals surface area contributed by atoms with Crippen molar-refractivity contribution >= 4 is 24.5 Å². The van der Waals surface area contributed by atoms with E-state index in [4.69, 9.17) is 0 Å². The Balaban J connectivity index is 0.00000162. The summed E-state index contributed by atoms with van der Waals surface area (Å²) < 4.78 is 0. The minimum atomic E-state index is 0. The molecule has 1 aliphatic carbocycles. The Labute approximate surface area is 123 Å². The Kier molecular flexibility index (Phi) is 6.85. The van der Waals surface area contributed by atoms with Gasteiger partial charge in [-0.1, -0.05) is 37.5 Å². The molecule has 1 fully saturated rings. The molecule has 0 amide bonds. The molecule has 1 aromatic carbocycles. The van der Waals surface area contributed by atoms with Gasteiger partial charge in [0.15, 0.2) is 0 Å². The van der Waals surface area contributed by atoms with Crippen molar-refractivity contribution in [2.24, 2.45) is 0 Å². The van der Waals surface area contributed by atoms with E-state index >= 15 is 0 Å². The first-order chi connectivity index (χ1) is 8.27. The van der Waals surface area contributed by atoms with Gasteiger partial charge in [0, 0.05) is 32.4 Å². The summed E-state index contributed by atoms with van der Waals surface area (Å²) in [4.78, 5) is 2.19. The maximum absolute atomic E-state index is 3.71. The van der Waals surface area contributed by atoms with Crippen molar-refractivity contribution in [3.8, 4) is 0 Å². The number of nitrogens with one attached hydrogen (secondary N) is 1. The SMILES string of the molecule is CN(C)c1ccccc1CNC1CCCCC1.[LiH]. The van der Waals surface area contributed by atoms with E-state index in [1.165, 1.54) is 43.4 Å². The fourth-order valence-electron chi connectivity index (χ4n) is 2.66. The van der Waals surface area contributed by atoms with Crippen molar-refractivity contribution < 1.29 is 0 Å². The molecular formula is C15H25LiN2. The molecule has 0 aliphatic heterocycles. The molecule has 0 unspecified atom stereocenters. The van der Waals surface area contributed by atoms with Crippen LogP contribution in [0.3, 0.4) is 0 Å². The second kappa shape index (κ2) is 7.89. The average molecular weight is 240 g/mol. The van der Waals surface area contributed by atoms with Gasteiger partial charge < -0.3 is 10.2 Å². The van der Waals surface area contributed by atoms with Crippen LogP contribution in [-0.2, 0) is 6.54 Å². The summed E-state index contributed by atoms with van der Waals surface area (Å²) in [5, 5.41) is 3.71. The van der Waals surface area contributed by atoms with Gasteiger partial charge in [0.05, 0.1) is 0 Å². The summed E-state index contributed by atoms with van der Waals surface area (Å²) in [7, 11) is 4.22. The van der Waals surface area contributed by atoms with E-state index in [1.807, 2.05) is 0 Å². The van der Waals surface area contributed by atoms with Crippen molar-refractivity contribution in [3.05, 3.63) is 29.8 Å². The molecule has 1 aliphatic rings. The second-order valence-corrected chi connectivity index (χ2v) is 5.24. The van der Waals surface area contributed by atoms with Crippen LogP contribution in [0.15, 0.2) is 24.3 Å². The quantitative estimate of drug-likeness (QED) is 0.814.